The van der Waals surface area contributed by atoms with Gasteiger partial charge in [0.2, 0.25) is 0 Å². The van der Waals surface area contributed by atoms with Crippen LogP contribution in [0.3, 0.4) is 0 Å². The molecule has 0 aromatic heterocycles. The molecule has 1 unspecified atom stereocenters. The first-order valence-electron chi connectivity index (χ1n) is 29.6. The van der Waals surface area contributed by atoms with Crippen molar-refractivity contribution in [2.45, 2.75) is 207 Å². The lowest BCUT2D eigenvalue weighted by molar-refractivity contribution is -0.166. The maximum atomic E-state index is 12.9. The quantitative estimate of drug-likeness (QED) is 0.0261. The fourth-order valence-electron chi connectivity index (χ4n) is 6.97. The first-order valence-corrected chi connectivity index (χ1v) is 29.6. The fraction of sp³-hybridized carbons (Fsp3) is 0.479. The van der Waals surface area contributed by atoms with E-state index in [0.29, 0.717) is 19.3 Å². The Balaban J connectivity index is 4.61. The Morgan fingerprint density at radius 3 is 0.805 bits per heavy atom. The van der Waals surface area contributed by atoms with Crippen LogP contribution >= 0.6 is 0 Å². The number of hydrogen-bond donors (Lipinski definition) is 0. The second kappa shape index (κ2) is 62.5. The highest BCUT2D eigenvalue weighted by molar-refractivity contribution is 5.71. The zero-order valence-corrected chi connectivity index (χ0v) is 48.4. The molecule has 0 fully saturated rings. The molecular weight excluding hydrogens is 949 g/mol. The van der Waals surface area contributed by atoms with Crippen LogP contribution in [0.4, 0.5) is 0 Å². The van der Waals surface area contributed by atoms with E-state index < -0.39 is 12.1 Å². The molecule has 0 heterocycles. The van der Waals surface area contributed by atoms with Gasteiger partial charge in [-0.25, -0.2) is 0 Å². The molecule has 424 valence electrons. The standard InChI is InChI=1S/C71H104O6/c1-4-7-10-13-16-19-22-25-27-29-31-33-34-35-36-38-39-41-43-46-49-52-55-58-61-64-70(73)76-67-68(66-75-69(72)63-60-57-54-51-48-45-24-21-18-15-12-9-6-3)77-71(74)65-62-59-56-53-50-47-44-42-40-37-32-30-28-26-23-20-17-14-11-8-5-2/h7-12,16-21,25-28,31-33,35-37,39,41-42,44-46,48-50,53-54,57,68H,4-6,13-15,22-24,29-30,34,38,40,43,47,51-52,55-56,58-67H2,1-3H3/b10-7-,11-8-,12-9-,19-16-,20-17-,21-18-,27-25-,28-26-,33-31-,36-35-,37-32-,41-39-,44-42-,48-45-,49-46-,53-50-,57-54-. The normalized spacial score (nSPS) is 13.6. The highest BCUT2D eigenvalue weighted by Crippen LogP contribution is 2.10. The summed E-state index contributed by atoms with van der Waals surface area (Å²) in [6.45, 7) is 6.13. The van der Waals surface area contributed by atoms with E-state index in [1.165, 1.54) is 0 Å². The van der Waals surface area contributed by atoms with Crippen LogP contribution in [-0.4, -0.2) is 37.2 Å². The van der Waals surface area contributed by atoms with Gasteiger partial charge in [-0.05, 0) is 154 Å². The molecular formula is C71H104O6. The average molecular weight is 1050 g/mol. The number of hydrogen-bond acceptors (Lipinski definition) is 6. The molecule has 0 amide bonds. The smallest absolute Gasteiger partial charge is 0.306 e. The zero-order chi connectivity index (χ0) is 55.7. The zero-order valence-electron chi connectivity index (χ0n) is 48.4. The monoisotopic (exact) mass is 1050 g/mol. The molecule has 0 aliphatic rings. The number of allylic oxidation sites excluding steroid dienone is 34. The Morgan fingerprint density at radius 1 is 0.260 bits per heavy atom. The summed E-state index contributed by atoms with van der Waals surface area (Å²) >= 11 is 0. The van der Waals surface area contributed by atoms with Gasteiger partial charge >= 0.3 is 17.9 Å². The van der Waals surface area contributed by atoms with E-state index in [0.717, 1.165) is 141 Å². The van der Waals surface area contributed by atoms with Gasteiger partial charge in [-0.3, -0.25) is 14.4 Å². The number of esters is 3. The number of carbonyl (C=O) groups excluding carboxylic acids is 3. The second-order valence-electron chi connectivity index (χ2n) is 18.4. The fourth-order valence-corrected chi connectivity index (χ4v) is 6.97. The summed E-state index contributed by atoms with van der Waals surface area (Å²) < 4.78 is 16.7. The minimum atomic E-state index is -0.859. The Labute approximate surface area is 470 Å². The van der Waals surface area contributed by atoms with Gasteiger partial charge in [-0.2, -0.15) is 0 Å². The topological polar surface area (TPSA) is 78.9 Å². The van der Waals surface area contributed by atoms with E-state index in [1.807, 2.05) is 12.2 Å². The van der Waals surface area contributed by atoms with Crippen molar-refractivity contribution >= 4 is 17.9 Å². The van der Waals surface area contributed by atoms with E-state index in [-0.39, 0.29) is 44.4 Å². The van der Waals surface area contributed by atoms with Gasteiger partial charge < -0.3 is 14.2 Å². The lowest BCUT2D eigenvalue weighted by Crippen LogP contribution is -2.30. The third kappa shape index (κ3) is 60.7. The Hall–Kier alpha value is -6.01. The SMILES string of the molecule is CC/C=C\C/C=C\C/C=C\C/C=C\C/C=C\C/C=C\C/C=C\CCCCCC(=O)OCC(COC(=O)CC/C=C\C/C=C\C/C=C\C/C=C\CC)OC(=O)CCCC/C=C\C/C=C\C/C=C\C/C=C\C/C=C\C/C=C\CC. The molecule has 0 spiro atoms. The van der Waals surface area contributed by atoms with Crippen LogP contribution in [0.25, 0.3) is 0 Å². The average Bonchev–Trinajstić information content (AvgIpc) is 3.43. The first kappa shape index (κ1) is 71.0. The van der Waals surface area contributed by atoms with Gasteiger partial charge in [-0.1, -0.05) is 234 Å². The number of carbonyl (C=O) groups is 3. The maximum Gasteiger partial charge on any atom is 0.306 e. The van der Waals surface area contributed by atoms with Crippen molar-refractivity contribution in [1.29, 1.82) is 0 Å². The van der Waals surface area contributed by atoms with Crippen molar-refractivity contribution in [2.24, 2.45) is 0 Å². The van der Waals surface area contributed by atoms with E-state index in [4.69, 9.17) is 14.2 Å². The van der Waals surface area contributed by atoms with Crippen LogP contribution < -0.4 is 0 Å². The van der Waals surface area contributed by atoms with Crippen molar-refractivity contribution in [2.75, 3.05) is 13.2 Å². The summed E-state index contributed by atoms with van der Waals surface area (Å²) in [4.78, 5) is 38.2. The molecule has 0 aliphatic heterocycles. The number of ether oxygens (including phenoxy) is 3. The summed E-state index contributed by atoms with van der Waals surface area (Å²) in [5.41, 5.74) is 0. The van der Waals surface area contributed by atoms with Gasteiger partial charge in [0.15, 0.2) is 6.10 Å². The minimum Gasteiger partial charge on any atom is -0.462 e. The Kier molecular flexibility index (Phi) is 57.6. The minimum absolute atomic E-state index is 0.148. The van der Waals surface area contributed by atoms with Crippen molar-refractivity contribution in [1.82, 2.24) is 0 Å². The van der Waals surface area contributed by atoms with Gasteiger partial charge in [0, 0.05) is 19.3 Å². The third-order valence-corrected chi connectivity index (χ3v) is 11.3. The van der Waals surface area contributed by atoms with E-state index >= 15 is 0 Å². The van der Waals surface area contributed by atoms with E-state index in [2.05, 4.69) is 215 Å². The largest absolute Gasteiger partial charge is 0.462 e. The molecule has 0 aromatic carbocycles. The van der Waals surface area contributed by atoms with Gasteiger partial charge in [-0.15, -0.1) is 0 Å². The molecule has 0 aromatic rings. The van der Waals surface area contributed by atoms with E-state index in [9.17, 15) is 14.4 Å². The van der Waals surface area contributed by atoms with Crippen LogP contribution in [0.2, 0.25) is 0 Å². The second-order valence-corrected chi connectivity index (χ2v) is 18.4. The molecule has 77 heavy (non-hydrogen) atoms. The lowest BCUT2D eigenvalue weighted by Gasteiger charge is -2.18. The molecule has 6 nitrogen and oxygen atoms in total. The van der Waals surface area contributed by atoms with Crippen LogP contribution in [0.5, 0.6) is 0 Å². The summed E-state index contributed by atoms with van der Waals surface area (Å²) in [5.74, 6) is -1.12. The van der Waals surface area contributed by atoms with Crippen molar-refractivity contribution in [3.63, 3.8) is 0 Å². The highest BCUT2D eigenvalue weighted by Gasteiger charge is 2.19. The molecule has 6 heteroatoms. The van der Waals surface area contributed by atoms with Gasteiger partial charge in [0.1, 0.15) is 13.2 Å². The Morgan fingerprint density at radius 2 is 0.494 bits per heavy atom. The maximum absolute atomic E-state index is 12.9. The van der Waals surface area contributed by atoms with Crippen LogP contribution in [-0.2, 0) is 28.6 Å². The molecule has 1 atom stereocenters. The third-order valence-electron chi connectivity index (χ3n) is 11.3. The van der Waals surface area contributed by atoms with Crippen LogP contribution in [0.1, 0.15) is 201 Å². The molecule has 0 rings (SSSR count). The molecule has 0 radical (unpaired) electrons. The summed E-state index contributed by atoms with van der Waals surface area (Å²) in [5, 5.41) is 0. The summed E-state index contributed by atoms with van der Waals surface area (Å²) in [6, 6.07) is 0. The van der Waals surface area contributed by atoms with E-state index in [1.54, 1.807) is 0 Å². The molecule has 0 N–H and O–H groups in total. The van der Waals surface area contributed by atoms with Crippen LogP contribution in [0.15, 0.2) is 207 Å². The number of unbranched alkanes of at least 4 members (excludes halogenated alkanes) is 5. The van der Waals surface area contributed by atoms with Gasteiger partial charge in [0.25, 0.3) is 0 Å². The number of rotatable bonds is 50. The summed E-state index contributed by atoms with van der Waals surface area (Å²) in [6.07, 6.45) is 96.9. The molecule has 0 saturated carbocycles. The Bertz CT molecular complexity index is 1930. The molecule has 0 bridgehead atoms. The summed E-state index contributed by atoms with van der Waals surface area (Å²) in [7, 11) is 0. The lowest BCUT2D eigenvalue weighted by atomic mass is 10.1. The highest BCUT2D eigenvalue weighted by atomic mass is 16.6. The molecule has 0 saturated heterocycles. The van der Waals surface area contributed by atoms with Crippen molar-refractivity contribution in [3.05, 3.63) is 207 Å². The predicted octanol–water partition coefficient (Wildman–Crippen LogP) is 20.4. The first-order chi connectivity index (χ1) is 38.0. The van der Waals surface area contributed by atoms with Crippen LogP contribution in [0, 0.1) is 0 Å². The van der Waals surface area contributed by atoms with Crippen molar-refractivity contribution in [3.8, 4) is 0 Å². The van der Waals surface area contributed by atoms with Crippen molar-refractivity contribution < 1.29 is 28.6 Å². The molecule has 0 aliphatic carbocycles. The predicted molar refractivity (Wildman–Crippen MR) is 333 cm³/mol. The van der Waals surface area contributed by atoms with Gasteiger partial charge in [0.05, 0.1) is 0 Å².